The molecule has 2 rings (SSSR count). The van der Waals surface area contributed by atoms with Crippen LogP contribution >= 0.6 is 11.3 Å². The highest BCUT2D eigenvalue weighted by Gasteiger charge is 2.13. The summed E-state index contributed by atoms with van der Waals surface area (Å²) >= 11 is 1.65. The van der Waals surface area contributed by atoms with Gasteiger partial charge >= 0.3 is 0 Å². The number of thiophene rings is 1. The van der Waals surface area contributed by atoms with Gasteiger partial charge in [0.05, 0.1) is 12.7 Å². The van der Waals surface area contributed by atoms with Crippen molar-refractivity contribution in [2.24, 2.45) is 0 Å². The van der Waals surface area contributed by atoms with E-state index in [0.717, 1.165) is 24.2 Å². The van der Waals surface area contributed by atoms with E-state index in [1.54, 1.807) is 18.4 Å². The van der Waals surface area contributed by atoms with Gasteiger partial charge in [-0.25, -0.2) is 0 Å². The summed E-state index contributed by atoms with van der Waals surface area (Å²) in [7, 11) is 1.67. The zero-order valence-corrected chi connectivity index (χ0v) is 15.1. The summed E-state index contributed by atoms with van der Waals surface area (Å²) in [5, 5.41) is 5.03. The highest BCUT2D eigenvalue weighted by Crippen LogP contribution is 2.23. The van der Waals surface area contributed by atoms with E-state index >= 15 is 0 Å². The molecule has 1 aromatic heterocycles. The number of rotatable bonds is 7. The van der Waals surface area contributed by atoms with Crippen molar-refractivity contribution in [1.82, 2.24) is 5.32 Å². The minimum atomic E-state index is 0.0235. The molecule has 2 aromatic rings. The normalized spacial score (nSPS) is 12.2. The second kappa shape index (κ2) is 8.16. The second-order valence-electron chi connectivity index (χ2n) is 6.15. The fourth-order valence-electron chi connectivity index (χ4n) is 2.33. The van der Waals surface area contributed by atoms with Gasteiger partial charge in [0.15, 0.2) is 0 Å². The van der Waals surface area contributed by atoms with Crippen LogP contribution in [0.2, 0.25) is 0 Å². The van der Waals surface area contributed by atoms with Gasteiger partial charge in [-0.3, -0.25) is 4.79 Å². The predicted molar refractivity (Wildman–Crippen MR) is 96.7 cm³/mol. The Morgan fingerprint density at radius 1 is 1.22 bits per heavy atom. The van der Waals surface area contributed by atoms with Crippen LogP contribution in [0.5, 0.6) is 5.75 Å². The number of ether oxygens (including phenoxy) is 1. The third-order valence-corrected chi connectivity index (χ3v) is 5.09. The fourth-order valence-corrected chi connectivity index (χ4v) is 3.23. The number of carbonyl (C=O) groups is 1. The number of carbonyl (C=O) groups excluding carboxylic acids is 1. The molecule has 124 valence electrons. The average molecular weight is 331 g/mol. The van der Waals surface area contributed by atoms with E-state index in [0.29, 0.717) is 5.92 Å². The van der Waals surface area contributed by atoms with Crippen molar-refractivity contribution in [2.45, 2.75) is 45.6 Å². The minimum Gasteiger partial charge on any atom is -0.497 e. The summed E-state index contributed by atoms with van der Waals surface area (Å²) in [4.78, 5) is 13.5. The van der Waals surface area contributed by atoms with Crippen LogP contribution in [0.15, 0.2) is 35.7 Å². The van der Waals surface area contributed by atoms with Crippen molar-refractivity contribution in [1.29, 1.82) is 0 Å². The van der Waals surface area contributed by atoms with Crippen molar-refractivity contribution >= 4 is 17.2 Å². The number of hydrogen-bond donors (Lipinski definition) is 1. The maximum atomic E-state index is 12.3. The predicted octanol–water partition coefficient (Wildman–Crippen LogP) is 4.63. The molecule has 0 radical (unpaired) electrons. The highest BCUT2D eigenvalue weighted by molar-refractivity contribution is 7.10. The van der Waals surface area contributed by atoms with E-state index in [4.69, 9.17) is 4.74 Å². The highest BCUT2D eigenvalue weighted by atomic mass is 32.1. The summed E-state index contributed by atoms with van der Waals surface area (Å²) in [5.41, 5.74) is 2.03. The van der Waals surface area contributed by atoms with Crippen LogP contribution in [0, 0.1) is 0 Å². The van der Waals surface area contributed by atoms with E-state index in [-0.39, 0.29) is 11.9 Å². The monoisotopic (exact) mass is 331 g/mol. The lowest BCUT2D eigenvalue weighted by Gasteiger charge is -2.13. The molecule has 0 fully saturated rings. The molecular weight excluding hydrogens is 306 g/mol. The van der Waals surface area contributed by atoms with Gasteiger partial charge in [-0.15, -0.1) is 11.3 Å². The van der Waals surface area contributed by atoms with Gasteiger partial charge in [0.2, 0.25) is 0 Å². The fraction of sp³-hybridized carbons (Fsp3) is 0.421. The molecule has 1 atom stereocenters. The van der Waals surface area contributed by atoms with Crippen LogP contribution in [0.3, 0.4) is 0 Å². The molecule has 0 aliphatic rings. The lowest BCUT2D eigenvalue weighted by molar-refractivity contribution is 0.0939. The zero-order valence-electron chi connectivity index (χ0n) is 14.3. The molecule has 1 aromatic carbocycles. The van der Waals surface area contributed by atoms with Crippen LogP contribution in [-0.2, 0) is 6.42 Å². The Kier molecular flexibility index (Phi) is 6.22. The molecule has 1 amide bonds. The largest absolute Gasteiger partial charge is 0.497 e. The molecule has 0 aliphatic carbocycles. The number of nitrogens with one attached hydrogen (secondary N) is 1. The topological polar surface area (TPSA) is 38.3 Å². The molecule has 0 bridgehead atoms. The van der Waals surface area contributed by atoms with Crippen LogP contribution in [0.1, 0.15) is 53.9 Å². The molecule has 1 heterocycles. The molecule has 0 aliphatic heterocycles. The third kappa shape index (κ3) is 5.10. The SMILES string of the molecule is COc1ccc(CCC(C)NC(=O)c2csc(C(C)C)c2)cc1. The van der Waals surface area contributed by atoms with E-state index in [2.05, 4.69) is 38.2 Å². The van der Waals surface area contributed by atoms with E-state index < -0.39 is 0 Å². The second-order valence-corrected chi connectivity index (χ2v) is 7.10. The molecule has 4 heteroatoms. The first-order chi connectivity index (χ1) is 11.0. The summed E-state index contributed by atoms with van der Waals surface area (Å²) in [6.07, 6.45) is 1.85. The number of methoxy groups -OCH3 is 1. The summed E-state index contributed by atoms with van der Waals surface area (Å²) in [6, 6.07) is 10.2. The lowest BCUT2D eigenvalue weighted by atomic mass is 10.1. The minimum absolute atomic E-state index is 0.0235. The number of aryl methyl sites for hydroxylation is 1. The van der Waals surface area contributed by atoms with Gasteiger partial charge < -0.3 is 10.1 Å². The number of amides is 1. The van der Waals surface area contributed by atoms with Crippen LogP contribution < -0.4 is 10.1 Å². The van der Waals surface area contributed by atoms with Crippen LogP contribution in [0.25, 0.3) is 0 Å². The first-order valence-corrected chi connectivity index (χ1v) is 8.89. The Morgan fingerprint density at radius 2 is 1.91 bits per heavy atom. The molecule has 3 nitrogen and oxygen atoms in total. The van der Waals surface area contributed by atoms with Gasteiger partial charge in [-0.2, -0.15) is 0 Å². The Balaban J connectivity index is 1.83. The lowest BCUT2D eigenvalue weighted by Crippen LogP contribution is -2.32. The van der Waals surface area contributed by atoms with Crippen molar-refractivity contribution in [3.05, 3.63) is 51.7 Å². The van der Waals surface area contributed by atoms with Crippen molar-refractivity contribution < 1.29 is 9.53 Å². The van der Waals surface area contributed by atoms with Crippen LogP contribution in [-0.4, -0.2) is 19.1 Å². The van der Waals surface area contributed by atoms with Gasteiger partial charge in [0.1, 0.15) is 5.75 Å². The maximum absolute atomic E-state index is 12.3. The molecule has 0 spiro atoms. The van der Waals surface area contributed by atoms with Gasteiger partial charge in [0, 0.05) is 16.3 Å². The number of hydrogen-bond acceptors (Lipinski definition) is 3. The quantitative estimate of drug-likeness (QED) is 0.803. The summed E-state index contributed by atoms with van der Waals surface area (Å²) in [6.45, 7) is 6.34. The zero-order chi connectivity index (χ0) is 16.8. The third-order valence-electron chi connectivity index (χ3n) is 3.85. The summed E-state index contributed by atoms with van der Waals surface area (Å²) in [5.74, 6) is 1.36. The molecular formula is C19H25NO2S. The van der Waals surface area contributed by atoms with Crippen LogP contribution in [0.4, 0.5) is 0 Å². The molecule has 23 heavy (non-hydrogen) atoms. The Bertz CT molecular complexity index is 631. The number of benzene rings is 1. The molecule has 0 saturated carbocycles. The standard InChI is InChI=1S/C19H25NO2S/c1-13(2)18-11-16(12-23-18)19(21)20-14(3)5-6-15-7-9-17(22-4)10-8-15/h7-14H,5-6H2,1-4H3,(H,20,21). The smallest absolute Gasteiger partial charge is 0.252 e. The van der Waals surface area contributed by atoms with Crippen molar-refractivity contribution in [3.8, 4) is 5.75 Å². The van der Waals surface area contributed by atoms with Gasteiger partial charge in [-0.05, 0) is 49.4 Å². The molecule has 0 saturated heterocycles. The average Bonchev–Trinajstić information content (AvgIpc) is 3.04. The van der Waals surface area contributed by atoms with E-state index in [1.165, 1.54) is 10.4 Å². The first kappa shape index (κ1) is 17.5. The first-order valence-electron chi connectivity index (χ1n) is 8.01. The van der Waals surface area contributed by atoms with Gasteiger partial charge in [0.25, 0.3) is 5.91 Å². The van der Waals surface area contributed by atoms with E-state index in [1.807, 2.05) is 23.6 Å². The summed E-state index contributed by atoms with van der Waals surface area (Å²) < 4.78 is 5.16. The Labute approximate surface area is 142 Å². The molecule has 1 N–H and O–H groups in total. The van der Waals surface area contributed by atoms with Crippen molar-refractivity contribution in [2.75, 3.05) is 7.11 Å². The molecule has 1 unspecified atom stereocenters. The Morgan fingerprint density at radius 3 is 2.48 bits per heavy atom. The Hall–Kier alpha value is -1.81. The van der Waals surface area contributed by atoms with E-state index in [9.17, 15) is 4.79 Å². The van der Waals surface area contributed by atoms with Crippen molar-refractivity contribution in [3.63, 3.8) is 0 Å². The van der Waals surface area contributed by atoms with Gasteiger partial charge in [-0.1, -0.05) is 26.0 Å². The maximum Gasteiger partial charge on any atom is 0.252 e.